The van der Waals surface area contributed by atoms with Crippen LogP contribution in [0.3, 0.4) is 0 Å². The largest absolute Gasteiger partial charge is 0.388 e. The molecule has 1 aliphatic heterocycles. The van der Waals surface area contributed by atoms with Gasteiger partial charge in [-0.25, -0.2) is 0 Å². The number of aliphatic hydroxyl groups excluding tert-OH is 2. The molecule has 1 heterocycles. The van der Waals surface area contributed by atoms with Crippen molar-refractivity contribution in [1.82, 2.24) is 4.90 Å². The highest BCUT2D eigenvalue weighted by molar-refractivity contribution is 5.76. The Labute approximate surface area is 100 Å². The van der Waals surface area contributed by atoms with Gasteiger partial charge in [0.05, 0.1) is 12.2 Å². The van der Waals surface area contributed by atoms with Crippen LogP contribution in [0.4, 0.5) is 0 Å². The number of amides is 1. The lowest BCUT2D eigenvalue weighted by Crippen LogP contribution is -2.29. The highest BCUT2D eigenvalue weighted by Crippen LogP contribution is 2.12. The zero-order chi connectivity index (χ0) is 12.3. The van der Waals surface area contributed by atoms with Crippen LogP contribution in [0, 0.1) is 0 Å². The molecule has 1 aromatic rings. The van der Waals surface area contributed by atoms with Gasteiger partial charge in [-0.3, -0.25) is 4.79 Å². The Kier molecular flexibility index (Phi) is 3.76. The predicted octanol–water partition coefficient (Wildman–Crippen LogP) is 0.183. The van der Waals surface area contributed by atoms with Crippen LogP contribution in [0.2, 0.25) is 0 Å². The molecule has 4 nitrogen and oxygen atoms in total. The molecule has 17 heavy (non-hydrogen) atoms. The minimum atomic E-state index is -0.796. The highest BCUT2D eigenvalue weighted by atomic mass is 16.3. The van der Waals surface area contributed by atoms with E-state index in [4.69, 9.17) is 0 Å². The van der Waals surface area contributed by atoms with Gasteiger partial charge in [0, 0.05) is 19.5 Å². The van der Waals surface area contributed by atoms with Crippen LogP contribution in [0.5, 0.6) is 0 Å². The molecule has 4 heteroatoms. The second-order valence-electron chi connectivity index (χ2n) is 4.42. The molecule has 0 unspecified atom stereocenters. The van der Waals surface area contributed by atoms with Crippen molar-refractivity contribution >= 4 is 5.91 Å². The van der Waals surface area contributed by atoms with Gasteiger partial charge in [0.25, 0.3) is 0 Å². The Morgan fingerprint density at radius 3 is 2.35 bits per heavy atom. The van der Waals surface area contributed by atoms with Crippen molar-refractivity contribution in [1.29, 1.82) is 0 Å². The molecule has 1 fully saturated rings. The minimum absolute atomic E-state index is 0.00977. The van der Waals surface area contributed by atoms with Crippen LogP contribution in [0.1, 0.15) is 12.0 Å². The second kappa shape index (κ2) is 5.29. The van der Waals surface area contributed by atoms with Crippen molar-refractivity contribution in [3.63, 3.8) is 0 Å². The van der Waals surface area contributed by atoms with Gasteiger partial charge in [0.1, 0.15) is 0 Å². The molecule has 2 N–H and O–H groups in total. The number of nitrogens with zero attached hydrogens (tertiary/aromatic N) is 1. The van der Waals surface area contributed by atoms with Crippen LogP contribution in [0.25, 0.3) is 0 Å². The van der Waals surface area contributed by atoms with E-state index in [0.29, 0.717) is 12.8 Å². The molecular formula is C13H17NO3. The number of carbonyl (C=O) groups excluding carboxylic acids is 1. The summed E-state index contributed by atoms with van der Waals surface area (Å²) in [5, 5.41) is 18.7. The number of benzene rings is 1. The third-order valence-corrected chi connectivity index (χ3v) is 3.08. The monoisotopic (exact) mass is 235 g/mol. The number of likely N-dealkylation sites (tertiary alicyclic amines) is 1. The van der Waals surface area contributed by atoms with Crippen LogP contribution >= 0.6 is 0 Å². The van der Waals surface area contributed by atoms with E-state index in [2.05, 4.69) is 0 Å². The quantitative estimate of drug-likeness (QED) is 0.786. The van der Waals surface area contributed by atoms with Gasteiger partial charge in [-0.15, -0.1) is 0 Å². The van der Waals surface area contributed by atoms with E-state index in [1.54, 1.807) is 0 Å². The fraction of sp³-hybridized carbons (Fsp3) is 0.462. The summed E-state index contributed by atoms with van der Waals surface area (Å²) in [7, 11) is 0. The number of β-amino-alcohol motifs (C(OH)–C–C–N with tert-alkyl or cyclic N) is 2. The molecule has 0 radical (unpaired) electrons. The zero-order valence-corrected chi connectivity index (χ0v) is 9.62. The molecule has 1 aromatic carbocycles. The first kappa shape index (κ1) is 12.1. The molecule has 0 bridgehead atoms. The van der Waals surface area contributed by atoms with Crippen LogP contribution in [-0.4, -0.2) is 46.3 Å². The molecular weight excluding hydrogens is 218 g/mol. The summed E-state index contributed by atoms with van der Waals surface area (Å²) >= 11 is 0. The zero-order valence-electron chi connectivity index (χ0n) is 9.62. The average Bonchev–Trinajstić information content (AvgIpc) is 2.68. The van der Waals surface area contributed by atoms with E-state index in [0.717, 1.165) is 5.56 Å². The summed E-state index contributed by atoms with van der Waals surface area (Å²) in [4.78, 5) is 13.3. The minimum Gasteiger partial charge on any atom is -0.388 e. The van der Waals surface area contributed by atoms with Gasteiger partial charge >= 0.3 is 0 Å². The van der Waals surface area contributed by atoms with Gasteiger partial charge < -0.3 is 15.1 Å². The highest BCUT2D eigenvalue weighted by Gasteiger charge is 2.31. The summed E-state index contributed by atoms with van der Waals surface area (Å²) < 4.78 is 0. The first-order chi connectivity index (χ1) is 8.16. The van der Waals surface area contributed by atoms with Gasteiger partial charge in [0.15, 0.2) is 0 Å². The van der Waals surface area contributed by atoms with E-state index < -0.39 is 12.2 Å². The topological polar surface area (TPSA) is 60.8 Å². The van der Waals surface area contributed by atoms with Crippen molar-refractivity contribution in [3.8, 4) is 0 Å². The van der Waals surface area contributed by atoms with Gasteiger partial charge in [-0.1, -0.05) is 30.3 Å². The van der Waals surface area contributed by atoms with Crippen molar-refractivity contribution in [2.24, 2.45) is 0 Å². The van der Waals surface area contributed by atoms with E-state index in [-0.39, 0.29) is 19.0 Å². The van der Waals surface area contributed by atoms with Crippen molar-refractivity contribution < 1.29 is 15.0 Å². The molecule has 0 aliphatic carbocycles. The number of aliphatic hydroxyl groups is 2. The maximum absolute atomic E-state index is 11.8. The summed E-state index contributed by atoms with van der Waals surface area (Å²) in [6, 6.07) is 9.81. The van der Waals surface area contributed by atoms with E-state index >= 15 is 0 Å². The number of hydrogen-bond acceptors (Lipinski definition) is 3. The molecule has 0 spiro atoms. The normalized spacial score (nSPS) is 24.0. The number of hydrogen-bond donors (Lipinski definition) is 2. The van der Waals surface area contributed by atoms with Crippen molar-refractivity contribution in [2.45, 2.75) is 25.0 Å². The number of carbonyl (C=O) groups is 1. The van der Waals surface area contributed by atoms with Crippen LogP contribution in [0.15, 0.2) is 30.3 Å². The van der Waals surface area contributed by atoms with E-state index in [9.17, 15) is 15.0 Å². The Bertz CT molecular complexity index is 370. The summed E-state index contributed by atoms with van der Waals surface area (Å²) in [5.41, 5.74) is 1.13. The maximum Gasteiger partial charge on any atom is 0.223 e. The Morgan fingerprint density at radius 2 is 1.76 bits per heavy atom. The molecule has 0 aromatic heterocycles. The average molecular weight is 235 g/mol. The molecule has 1 amide bonds. The number of rotatable bonds is 3. The second-order valence-corrected chi connectivity index (χ2v) is 4.42. The molecule has 2 atom stereocenters. The molecule has 1 aliphatic rings. The lowest BCUT2D eigenvalue weighted by atomic mass is 10.1. The van der Waals surface area contributed by atoms with Crippen molar-refractivity contribution in [3.05, 3.63) is 35.9 Å². The summed E-state index contributed by atoms with van der Waals surface area (Å²) in [6.07, 6.45) is -0.474. The van der Waals surface area contributed by atoms with Crippen LogP contribution in [-0.2, 0) is 11.2 Å². The molecule has 92 valence electrons. The third-order valence-electron chi connectivity index (χ3n) is 3.08. The predicted molar refractivity (Wildman–Crippen MR) is 63.4 cm³/mol. The Balaban J connectivity index is 1.82. The fourth-order valence-corrected chi connectivity index (χ4v) is 2.03. The number of aryl methyl sites for hydroxylation is 1. The lowest BCUT2D eigenvalue weighted by molar-refractivity contribution is -0.130. The maximum atomic E-state index is 11.8. The molecule has 2 rings (SSSR count). The fourth-order valence-electron chi connectivity index (χ4n) is 2.03. The SMILES string of the molecule is O=C(CCc1ccccc1)N1C[C@@H](O)[C@@H](O)C1. The Morgan fingerprint density at radius 1 is 1.18 bits per heavy atom. The van der Waals surface area contributed by atoms with E-state index in [1.807, 2.05) is 30.3 Å². The van der Waals surface area contributed by atoms with Gasteiger partial charge in [-0.2, -0.15) is 0 Å². The third kappa shape index (κ3) is 3.05. The Hall–Kier alpha value is -1.39. The summed E-state index contributed by atoms with van der Waals surface area (Å²) in [5.74, 6) is -0.00977. The first-order valence-corrected chi connectivity index (χ1v) is 5.84. The van der Waals surface area contributed by atoms with Gasteiger partial charge in [-0.05, 0) is 12.0 Å². The molecule has 1 saturated heterocycles. The van der Waals surface area contributed by atoms with E-state index in [1.165, 1.54) is 4.90 Å². The first-order valence-electron chi connectivity index (χ1n) is 5.84. The van der Waals surface area contributed by atoms with Crippen molar-refractivity contribution in [2.75, 3.05) is 13.1 Å². The smallest absolute Gasteiger partial charge is 0.223 e. The molecule has 0 saturated carbocycles. The standard InChI is InChI=1S/C13H17NO3/c15-11-8-14(9-12(11)16)13(17)7-6-10-4-2-1-3-5-10/h1-5,11-12,15-16H,6-9H2/t11-,12+. The van der Waals surface area contributed by atoms with Crippen LogP contribution < -0.4 is 0 Å². The lowest BCUT2D eigenvalue weighted by Gasteiger charge is -2.15. The van der Waals surface area contributed by atoms with Gasteiger partial charge in [0.2, 0.25) is 5.91 Å². The summed E-state index contributed by atoms with van der Waals surface area (Å²) in [6.45, 7) is 0.490.